The van der Waals surface area contributed by atoms with Gasteiger partial charge in [0, 0.05) is 17.9 Å². The number of hydrogen-bond donors (Lipinski definition) is 3. The number of amides is 1. The molecule has 1 amide bonds. The summed E-state index contributed by atoms with van der Waals surface area (Å²) in [5.74, 6) is 5.94. The third-order valence-electron chi connectivity index (χ3n) is 3.91. The van der Waals surface area contributed by atoms with Gasteiger partial charge in [0.2, 0.25) is 0 Å². The van der Waals surface area contributed by atoms with Crippen LogP contribution in [-0.4, -0.2) is 16.9 Å². The molecule has 1 aliphatic carbocycles. The number of nitrogens with zero attached hydrogens (tertiary/aromatic N) is 1. The lowest BCUT2D eigenvalue weighted by Gasteiger charge is -2.21. The van der Waals surface area contributed by atoms with Crippen molar-refractivity contribution < 1.29 is 4.79 Å². The Bertz CT molecular complexity index is 455. The number of nitrogens with one attached hydrogen (secondary N) is 2. The summed E-state index contributed by atoms with van der Waals surface area (Å²) in [6.45, 7) is 3.94. The van der Waals surface area contributed by atoms with Crippen molar-refractivity contribution in [1.29, 1.82) is 0 Å². The topological polar surface area (TPSA) is 80.0 Å². The van der Waals surface area contributed by atoms with Crippen molar-refractivity contribution in [2.45, 2.75) is 45.6 Å². The van der Waals surface area contributed by atoms with Gasteiger partial charge in [-0.1, -0.05) is 12.8 Å². The molecule has 1 atom stereocenters. The second-order valence-electron chi connectivity index (χ2n) is 5.32. The van der Waals surface area contributed by atoms with E-state index < -0.39 is 0 Å². The Kier molecular flexibility index (Phi) is 4.37. The maximum atomic E-state index is 12.3. The molecule has 0 bridgehead atoms. The zero-order valence-electron chi connectivity index (χ0n) is 11.6. The maximum absolute atomic E-state index is 12.3. The predicted molar refractivity (Wildman–Crippen MR) is 75.7 cm³/mol. The molecule has 1 saturated carbocycles. The molecule has 0 aliphatic heterocycles. The first-order valence-electron chi connectivity index (χ1n) is 6.86. The molecule has 0 spiro atoms. The minimum atomic E-state index is -0.111. The van der Waals surface area contributed by atoms with Crippen molar-refractivity contribution in [3.8, 4) is 0 Å². The molecule has 1 aromatic rings. The Morgan fingerprint density at radius 1 is 1.47 bits per heavy atom. The molecule has 0 aromatic carbocycles. The molecule has 1 aliphatic rings. The standard InChI is InChI=1S/C14H22N4O/c1-9-7-13(18-15)12(8-16-9)14(19)17-10(2)11-5-3-4-6-11/h7-8,10-11H,3-6,15H2,1-2H3,(H,16,18)(H,17,19). The second-order valence-corrected chi connectivity index (χ2v) is 5.32. The highest BCUT2D eigenvalue weighted by Gasteiger charge is 2.24. The first-order valence-corrected chi connectivity index (χ1v) is 6.86. The van der Waals surface area contributed by atoms with E-state index in [1.54, 1.807) is 12.3 Å². The molecule has 5 nitrogen and oxygen atoms in total. The smallest absolute Gasteiger partial charge is 0.255 e. The molecule has 19 heavy (non-hydrogen) atoms. The van der Waals surface area contributed by atoms with Gasteiger partial charge in [0.15, 0.2) is 0 Å². The summed E-state index contributed by atoms with van der Waals surface area (Å²) < 4.78 is 0. The number of nitrogen functional groups attached to an aromatic ring is 1. The number of carbonyl (C=O) groups is 1. The molecule has 0 radical (unpaired) electrons. The van der Waals surface area contributed by atoms with Gasteiger partial charge in [-0.3, -0.25) is 15.6 Å². The number of hydrogen-bond acceptors (Lipinski definition) is 4. The van der Waals surface area contributed by atoms with Crippen LogP contribution in [0.1, 0.15) is 48.7 Å². The second kappa shape index (κ2) is 6.02. The average Bonchev–Trinajstić information content (AvgIpc) is 2.92. The van der Waals surface area contributed by atoms with Crippen LogP contribution in [0.5, 0.6) is 0 Å². The van der Waals surface area contributed by atoms with Crippen LogP contribution in [0, 0.1) is 12.8 Å². The van der Waals surface area contributed by atoms with E-state index >= 15 is 0 Å². The van der Waals surface area contributed by atoms with Crippen LogP contribution in [0.4, 0.5) is 5.69 Å². The fourth-order valence-electron chi connectivity index (χ4n) is 2.72. The lowest BCUT2D eigenvalue weighted by Crippen LogP contribution is -2.37. The van der Waals surface area contributed by atoms with Crippen LogP contribution < -0.4 is 16.6 Å². The molecule has 0 saturated heterocycles. The number of rotatable bonds is 4. The number of pyridine rings is 1. The van der Waals surface area contributed by atoms with E-state index in [-0.39, 0.29) is 11.9 Å². The Balaban J connectivity index is 2.06. The molecule has 4 N–H and O–H groups in total. The lowest BCUT2D eigenvalue weighted by molar-refractivity contribution is 0.0927. The average molecular weight is 262 g/mol. The third kappa shape index (κ3) is 3.23. The van der Waals surface area contributed by atoms with Crippen molar-refractivity contribution >= 4 is 11.6 Å². The highest BCUT2D eigenvalue weighted by molar-refractivity contribution is 5.99. The van der Waals surface area contributed by atoms with Crippen molar-refractivity contribution in [3.05, 3.63) is 23.5 Å². The van der Waals surface area contributed by atoms with Crippen LogP contribution in [0.3, 0.4) is 0 Å². The zero-order chi connectivity index (χ0) is 13.8. The number of aromatic nitrogens is 1. The largest absolute Gasteiger partial charge is 0.349 e. The summed E-state index contributed by atoms with van der Waals surface area (Å²) in [4.78, 5) is 16.4. The van der Waals surface area contributed by atoms with Gasteiger partial charge in [0.25, 0.3) is 5.91 Å². The molecule has 1 unspecified atom stereocenters. The van der Waals surface area contributed by atoms with E-state index in [4.69, 9.17) is 5.84 Å². The van der Waals surface area contributed by atoms with Gasteiger partial charge in [0.1, 0.15) is 0 Å². The van der Waals surface area contributed by atoms with Gasteiger partial charge in [0.05, 0.1) is 11.3 Å². The predicted octanol–water partition coefficient (Wildman–Crippen LogP) is 1.98. The van der Waals surface area contributed by atoms with Gasteiger partial charge in [-0.2, -0.15) is 0 Å². The van der Waals surface area contributed by atoms with Crippen LogP contribution in [0.25, 0.3) is 0 Å². The van der Waals surface area contributed by atoms with Gasteiger partial charge in [-0.25, -0.2) is 0 Å². The van der Waals surface area contributed by atoms with E-state index in [9.17, 15) is 4.79 Å². The Labute approximate surface area is 114 Å². The molecule has 1 fully saturated rings. The summed E-state index contributed by atoms with van der Waals surface area (Å²) >= 11 is 0. The van der Waals surface area contributed by atoms with E-state index in [2.05, 4.69) is 22.7 Å². The van der Waals surface area contributed by atoms with E-state index in [0.717, 1.165) is 5.69 Å². The Morgan fingerprint density at radius 2 is 2.16 bits per heavy atom. The van der Waals surface area contributed by atoms with Gasteiger partial charge in [-0.15, -0.1) is 0 Å². The molecule has 5 heteroatoms. The number of anilines is 1. The minimum absolute atomic E-state index is 0.111. The molecule has 1 aromatic heterocycles. The number of carbonyl (C=O) groups excluding carboxylic acids is 1. The third-order valence-corrected chi connectivity index (χ3v) is 3.91. The molecule has 2 rings (SSSR count). The van der Waals surface area contributed by atoms with E-state index in [1.807, 2.05) is 6.92 Å². The van der Waals surface area contributed by atoms with Crippen LogP contribution in [0.15, 0.2) is 12.3 Å². The summed E-state index contributed by atoms with van der Waals surface area (Å²) in [6.07, 6.45) is 6.52. The molecule has 1 heterocycles. The van der Waals surface area contributed by atoms with Gasteiger partial charge >= 0.3 is 0 Å². The summed E-state index contributed by atoms with van der Waals surface area (Å²) in [6, 6.07) is 1.97. The zero-order valence-corrected chi connectivity index (χ0v) is 11.6. The fraction of sp³-hybridized carbons (Fsp3) is 0.571. The van der Waals surface area contributed by atoms with Crippen LogP contribution in [0.2, 0.25) is 0 Å². The van der Waals surface area contributed by atoms with Crippen molar-refractivity contribution in [2.75, 3.05) is 5.43 Å². The normalized spacial score (nSPS) is 17.2. The Morgan fingerprint density at radius 3 is 2.79 bits per heavy atom. The van der Waals surface area contributed by atoms with Crippen molar-refractivity contribution in [3.63, 3.8) is 0 Å². The summed E-state index contributed by atoms with van der Waals surface area (Å²) in [5, 5.41) is 3.06. The van der Waals surface area contributed by atoms with Crippen molar-refractivity contribution in [2.24, 2.45) is 11.8 Å². The highest BCUT2D eigenvalue weighted by atomic mass is 16.1. The minimum Gasteiger partial charge on any atom is -0.349 e. The van der Waals surface area contributed by atoms with Gasteiger partial charge < -0.3 is 10.7 Å². The SMILES string of the molecule is Cc1cc(NN)c(C(=O)NC(C)C2CCCC2)cn1. The molecule has 104 valence electrons. The van der Waals surface area contributed by atoms with E-state index in [1.165, 1.54) is 25.7 Å². The first kappa shape index (κ1) is 13.8. The first-order chi connectivity index (χ1) is 9.11. The molecular weight excluding hydrogens is 240 g/mol. The van der Waals surface area contributed by atoms with Crippen molar-refractivity contribution in [1.82, 2.24) is 10.3 Å². The number of hydrazine groups is 1. The lowest BCUT2D eigenvalue weighted by atomic mass is 9.99. The Hall–Kier alpha value is -1.62. The van der Waals surface area contributed by atoms with Crippen LogP contribution >= 0.6 is 0 Å². The molecular formula is C14H22N4O. The quantitative estimate of drug-likeness (QED) is 0.572. The maximum Gasteiger partial charge on any atom is 0.255 e. The van der Waals surface area contributed by atoms with Crippen LogP contribution in [-0.2, 0) is 0 Å². The number of aryl methyl sites for hydroxylation is 1. The van der Waals surface area contributed by atoms with Gasteiger partial charge in [-0.05, 0) is 38.7 Å². The highest BCUT2D eigenvalue weighted by Crippen LogP contribution is 2.27. The number of nitrogens with two attached hydrogens (primary N) is 1. The fourth-order valence-corrected chi connectivity index (χ4v) is 2.72. The summed E-state index contributed by atoms with van der Waals surface area (Å²) in [7, 11) is 0. The summed E-state index contributed by atoms with van der Waals surface area (Å²) in [5.41, 5.74) is 4.50. The monoisotopic (exact) mass is 262 g/mol. The van der Waals surface area contributed by atoms with E-state index in [0.29, 0.717) is 17.2 Å².